The number of benzene rings is 1. The molecule has 0 amide bonds. The van der Waals surface area contributed by atoms with Crippen molar-refractivity contribution in [2.24, 2.45) is 0 Å². The summed E-state index contributed by atoms with van der Waals surface area (Å²) < 4.78 is 6.20. The average Bonchev–Trinajstić information content (AvgIpc) is 2.72. The first kappa shape index (κ1) is 14.9. The molecule has 0 radical (unpaired) electrons. The quantitative estimate of drug-likeness (QED) is 0.846. The van der Waals surface area contributed by atoms with Gasteiger partial charge in [0.15, 0.2) is 0 Å². The predicted octanol–water partition coefficient (Wildman–Crippen LogP) is 4.79. The van der Waals surface area contributed by atoms with E-state index < -0.39 is 0 Å². The molecule has 1 unspecified atom stereocenters. The number of halogens is 2. The van der Waals surface area contributed by atoms with Gasteiger partial charge in [0.2, 0.25) is 0 Å². The van der Waals surface area contributed by atoms with E-state index in [-0.39, 0.29) is 6.04 Å². The van der Waals surface area contributed by atoms with E-state index in [0.29, 0.717) is 0 Å². The minimum Gasteiger partial charge on any atom is -0.496 e. The lowest BCUT2D eigenvalue weighted by Gasteiger charge is -2.17. The molecule has 19 heavy (non-hydrogen) atoms. The molecular formula is C14H15BrClNOS. The van der Waals surface area contributed by atoms with Crippen LogP contribution in [0, 0.1) is 6.92 Å². The molecule has 5 heteroatoms. The lowest BCUT2D eigenvalue weighted by molar-refractivity contribution is 0.412. The summed E-state index contributed by atoms with van der Waals surface area (Å²) in [6.07, 6.45) is 0. The second kappa shape index (κ2) is 6.27. The summed E-state index contributed by atoms with van der Waals surface area (Å²) in [5.74, 6) is 0.826. The lowest BCUT2D eigenvalue weighted by Crippen LogP contribution is -2.16. The van der Waals surface area contributed by atoms with Crippen molar-refractivity contribution in [3.63, 3.8) is 0 Å². The van der Waals surface area contributed by atoms with E-state index in [2.05, 4.69) is 38.8 Å². The topological polar surface area (TPSA) is 21.3 Å². The van der Waals surface area contributed by atoms with Crippen LogP contribution in [-0.4, -0.2) is 14.2 Å². The Hall–Kier alpha value is -0.550. The van der Waals surface area contributed by atoms with Crippen LogP contribution in [0.1, 0.15) is 22.0 Å². The van der Waals surface area contributed by atoms with Gasteiger partial charge in [-0.15, -0.1) is 11.3 Å². The second-order valence-corrected chi connectivity index (χ2v) is 6.36. The highest BCUT2D eigenvalue weighted by Crippen LogP contribution is 2.37. The molecule has 2 aromatic rings. The van der Waals surface area contributed by atoms with E-state index in [0.717, 1.165) is 31.2 Å². The molecule has 0 saturated heterocycles. The molecule has 2 rings (SSSR count). The van der Waals surface area contributed by atoms with Gasteiger partial charge in [0.25, 0.3) is 0 Å². The van der Waals surface area contributed by atoms with Crippen LogP contribution in [0.15, 0.2) is 28.1 Å². The monoisotopic (exact) mass is 359 g/mol. The number of nitrogens with one attached hydrogen (secondary N) is 1. The summed E-state index contributed by atoms with van der Waals surface area (Å²) in [7, 11) is 3.60. The highest BCUT2D eigenvalue weighted by atomic mass is 79.9. The van der Waals surface area contributed by atoms with Crippen LogP contribution in [0.4, 0.5) is 0 Å². The van der Waals surface area contributed by atoms with Gasteiger partial charge in [-0.05, 0) is 58.5 Å². The zero-order valence-electron chi connectivity index (χ0n) is 11.0. The summed E-state index contributed by atoms with van der Waals surface area (Å²) in [4.78, 5) is 1.14. The normalized spacial score (nSPS) is 12.5. The van der Waals surface area contributed by atoms with Crippen molar-refractivity contribution in [2.75, 3.05) is 14.2 Å². The molecule has 0 fully saturated rings. The Morgan fingerprint density at radius 1 is 1.42 bits per heavy atom. The van der Waals surface area contributed by atoms with E-state index in [1.807, 2.05) is 20.0 Å². The van der Waals surface area contributed by atoms with Crippen LogP contribution in [0.2, 0.25) is 5.02 Å². The highest BCUT2D eigenvalue weighted by Gasteiger charge is 2.19. The van der Waals surface area contributed by atoms with Gasteiger partial charge in [0.05, 0.1) is 22.6 Å². The summed E-state index contributed by atoms with van der Waals surface area (Å²) in [5.41, 5.74) is 2.27. The molecule has 0 bridgehead atoms. The molecule has 1 atom stereocenters. The molecular weight excluding hydrogens is 346 g/mol. The van der Waals surface area contributed by atoms with Crippen LogP contribution >= 0.6 is 38.9 Å². The maximum atomic E-state index is 6.36. The molecule has 0 spiro atoms. The maximum Gasteiger partial charge on any atom is 0.133 e. The molecule has 2 nitrogen and oxygen atoms in total. The van der Waals surface area contributed by atoms with Gasteiger partial charge >= 0.3 is 0 Å². The molecule has 1 aromatic carbocycles. The minimum atomic E-state index is 0.0911. The maximum absolute atomic E-state index is 6.36. The Balaban J connectivity index is 2.42. The first-order chi connectivity index (χ1) is 9.08. The smallest absolute Gasteiger partial charge is 0.133 e. The third-order valence-electron chi connectivity index (χ3n) is 2.99. The van der Waals surface area contributed by atoms with E-state index in [4.69, 9.17) is 16.3 Å². The minimum absolute atomic E-state index is 0.0911. The summed E-state index contributed by atoms with van der Waals surface area (Å²) >= 11 is 11.6. The third-order valence-corrected chi connectivity index (χ3v) is 5.38. The zero-order chi connectivity index (χ0) is 14.0. The van der Waals surface area contributed by atoms with Crippen LogP contribution in [0.25, 0.3) is 0 Å². The van der Waals surface area contributed by atoms with Gasteiger partial charge in [0.1, 0.15) is 5.75 Å². The standard InChI is InChI=1S/C14H15BrClNOS/c1-8-7-19-14(12(8)16)13(17-2)9-4-5-11(18-3)10(15)6-9/h4-7,13,17H,1-3H3. The van der Waals surface area contributed by atoms with Gasteiger partial charge in [0, 0.05) is 4.88 Å². The van der Waals surface area contributed by atoms with E-state index >= 15 is 0 Å². The molecule has 0 aliphatic heterocycles. The van der Waals surface area contributed by atoms with Gasteiger partial charge in [-0.25, -0.2) is 0 Å². The second-order valence-electron chi connectivity index (χ2n) is 4.21. The Kier molecular flexibility index (Phi) is 4.90. The molecule has 102 valence electrons. The van der Waals surface area contributed by atoms with Crippen LogP contribution in [0.3, 0.4) is 0 Å². The number of thiophene rings is 1. The number of rotatable bonds is 4. The number of methoxy groups -OCH3 is 1. The van der Waals surface area contributed by atoms with Crippen LogP contribution in [0.5, 0.6) is 5.75 Å². The first-order valence-corrected chi connectivity index (χ1v) is 7.87. The van der Waals surface area contributed by atoms with Crippen molar-refractivity contribution in [1.82, 2.24) is 5.32 Å². The lowest BCUT2D eigenvalue weighted by atomic mass is 10.0. The number of ether oxygens (including phenoxy) is 1. The Morgan fingerprint density at radius 2 is 2.16 bits per heavy atom. The zero-order valence-corrected chi connectivity index (χ0v) is 14.1. The van der Waals surface area contributed by atoms with E-state index in [9.17, 15) is 0 Å². The highest BCUT2D eigenvalue weighted by molar-refractivity contribution is 9.10. The van der Waals surface area contributed by atoms with Gasteiger partial charge in [-0.3, -0.25) is 0 Å². The Labute approximate surface area is 130 Å². The molecule has 1 N–H and O–H groups in total. The molecule has 1 heterocycles. The van der Waals surface area contributed by atoms with Crippen molar-refractivity contribution in [3.8, 4) is 5.75 Å². The third kappa shape index (κ3) is 2.97. The number of hydrogen-bond donors (Lipinski definition) is 1. The largest absolute Gasteiger partial charge is 0.496 e. The molecule has 0 aliphatic carbocycles. The SMILES string of the molecule is CNC(c1ccc(OC)c(Br)c1)c1scc(C)c1Cl. The summed E-state index contributed by atoms with van der Waals surface area (Å²) in [6, 6.07) is 6.16. The van der Waals surface area contributed by atoms with Crippen molar-refractivity contribution >= 4 is 38.9 Å². The van der Waals surface area contributed by atoms with E-state index in [1.165, 1.54) is 0 Å². The Bertz CT molecular complexity index is 585. The fourth-order valence-corrected chi connectivity index (χ4v) is 3.95. The van der Waals surface area contributed by atoms with Crippen molar-refractivity contribution in [3.05, 3.63) is 49.1 Å². The van der Waals surface area contributed by atoms with Gasteiger partial charge < -0.3 is 10.1 Å². The Morgan fingerprint density at radius 3 is 2.63 bits per heavy atom. The van der Waals surface area contributed by atoms with Gasteiger partial charge in [-0.1, -0.05) is 17.7 Å². The average molecular weight is 361 g/mol. The number of hydrogen-bond acceptors (Lipinski definition) is 3. The molecule has 1 aromatic heterocycles. The molecule has 0 aliphatic rings. The fourth-order valence-electron chi connectivity index (χ4n) is 1.96. The predicted molar refractivity (Wildman–Crippen MR) is 85.7 cm³/mol. The van der Waals surface area contributed by atoms with E-state index in [1.54, 1.807) is 18.4 Å². The first-order valence-electron chi connectivity index (χ1n) is 5.82. The summed E-state index contributed by atoms with van der Waals surface area (Å²) in [6.45, 7) is 2.03. The molecule has 0 saturated carbocycles. The van der Waals surface area contributed by atoms with Crippen molar-refractivity contribution in [1.29, 1.82) is 0 Å². The summed E-state index contributed by atoms with van der Waals surface area (Å²) in [5, 5.41) is 6.25. The number of aryl methyl sites for hydroxylation is 1. The van der Waals surface area contributed by atoms with Crippen molar-refractivity contribution < 1.29 is 4.74 Å². The van der Waals surface area contributed by atoms with Crippen molar-refractivity contribution in [2.45, 2.75) is 13.0 Å². The van der Waals surface area contributed by atoms with Crippen LogP contribution < -0.4 is 10.1 Å². The van der Waals surface area contributed by atoms with Gasteiger partial charge in [-0.2, -0.15) is 0 Å². The van der Waals surface area contributed by atoms with Crippen LogP contribution in [-0.2, 0) is 0 Å². The fraction of sp³-hybridized carbons (Fsp3) is 0.286.